The highest BCUT2D eigenvalue weighted by molar-refractivity contribution is 9.10. The molecule has 0 saturated heterocycles. The lowest BCUT2D eigenvalue weighted by atomic mass is 10.0. The van der Waals surface area contributed by atoms with Gasteiger partial charge >= 0.3 is 0 Å². The van der Waals surface area contributed by atoms with E-state index in [1.807, 2.05) is 6.92 Å². The summed E-state index contributed by atoms with van der Waals surface area (Å²) in [4.78, 5) is 8.83. The van der Waals surface area contributed by atoms with Crippen LogP contribution in [-0.2, 0) is 10.3 Å². The molecule has 0 atom stereocenters. The molecular weight excluding hydrogens is 291 g/mol. The van der Waals surface area contributed by atoms with Gasteiger partial charge in [-0.05, 0) is 48.5 Å². The molecule has 0 aliphatic heterocycles. The maximum absolute atomic E-state index is 6.06. The summed E-state index contributed by atoms with van der Waals surface area (Å²) in [7, 11) is 1.72. The van der Waals surface area contributed by atoms with E-state index in [1.165, 1.54) is 0 Å². The van der Waals surface area contributed by atoms with Crippen LogP contribution in [0.15, 0.2) is 4.47 Å². The van der Waals surface area contributed by atoms with E-state index in [0.29, 0.717) is 5.15 Å². The third-order valence-electron chi connectivity index (χ3n) is 3.19. The molecule has 1 aromatic rings. The van der Waals surface area contributed by atoms with Gasteiger partial charge in [0.2, 0.25) is 0 Å². The van der Waals surface area contributed by atoms with E-state index in [4.69, 9.17) is 16.3 Å². The Labute approximate surface area is 109 Å². The van der Waals surface area contributed by atoms with Crippen molar-refractivity contribution in [1.29, 1.82) is 0 Å². The Balaban J connectivity index is 2.47. The summed E-state index contributed by atoms with van der Waals surface area (Å²) < 4.78 is 6.40. The Kier molecular flexibility index (Phi) is 3.52. The number of aryl methyl sites for hydroxylation is 1. The van der Waals surface area contributed by atoms with Crippen molar-refractivity contribution in [2.24, 2.45) is 0 Å². The zero-order valence-electron chi connectivity index (χ0n) is 9.39. The van der Waals surface area contributed by atoms with Crippen LogP contribution in [0.25, 0.3) is 0 Å². The first kappa shape index (κ1) is 12.3. The van der Waals surface area contributed by atoms with E-state index >= 15 is 0 Å². The average molecular weight is 306 g/mol. The van der Waals surface area contributed by atoms with Gasteiger partial charge in [-0.2, -0.15) is 0 Å². The predicted octanol–water partition coefficient (Wildman–Crippen LogP) is 3.62. The number of nitrogens with zero attached hydrogens (tertiary/aromatic N) is 2. The molecule has 3 nitrogen and oxygen atoms in total. The summed E-state index contributed by atoms with van der Waals surface area (Å²) in [5.41, 5.74) is 0.535. The van der Waals surface area contributed by atoms with Crippen LogP contribution in [-0.4, -0.2) is 17.1 Å². The average Bonchev–Trinajstić information content (AvgIpc) is 2.75. The SMILES string of the molecule is COC1(c2nc(C)c(Br)c(Cl)n2)CCCC1. The number of ether oxygens (including phenoxy) is 1. The van der Waals surface area contributed by atoms with Crippen LogP contribution in [0.4, 0.5) is 0 Å². The van der Waals surface area contributed by atoms with Gasteiger partial charge in [-0.3, -0.25) is 0 Å². The van der Waals surface area contributed by atoms with E-state index in [0.717, 1.165) is 41.7 Å². The zero-order valence-corrected chi connectivity index (χ0v) is 11.7. The van der Waals surface area contributed by atoms with Crippen molar-refractivity contribution < 1.29 is 4.74 Å². The number of rotatable bonds is 2. The van der Waals surface area contributed by atoms with Crippen LogP contribution in [0.3, 0.4) is 0 Å². The highest BCUT2D eigenvalue weighted by Crippen LogP contribution is 2.41. The molecule has 0 aromatic carbocycles. The molecule has 16 heavy (non-hydrogen) atoms. The number of aromatic nitrogens is 2. The Morgan fingerprint density at radius 3 is 2.44 bits per heavy atom. The first-order valence-corrected chi connectivity index (χ1v) is 6.51. The zero-order chi connectivity index (χ0) is 11.8. The molecule has 1 fully saturated rings. The van der Waals surface area contributed by atoms with Gasteiger partial charge in [-0.1, -0.05) is 11.6 Å². The molecule has 1 aromatic heterocycles. The van der Waals surface area contributed by atoms with Crippen LogP contribution in [0.1, 0.15) is 37.2 Å². The first-order valence-electron chi connectivity index (χ1n) is 5.34. The van der Waals surface area contributed by atoms with Crippen LogP contribution in [0, 0.1) is 6.92 Å². The Bertz CT molecular complexity index is 382. The minimum atomic E-state index is -0.324. The fraction of sp³-hybridized carbons (Fsp3) is 0.636. The predicted molar refractivity (Wildman–Crippen MR) is 66.6 cm³/mol. The molecule has 0 N–H and O–H groups in total. The molecule has 2 rings (SSSR count). The molecule has 88 valence electrons. The van der Waals surface area contributed by atoms with E-state index in [-0.39, 0.29) is 5.60 Å². The van der Waals surface area contributed by atoms with E-state index < -0.39 is 0 Å². The lowest BCUT2D eigenvalue weighted by molar-refractivity contribution is -0.0164. The van der Waals surface area contributed by atoms with Crippen molar-refractivity contribution in [3.05, 3.63) is 21.1 Å². The largest absolute Gasteiger partial charge is 0.370 e. The summed E-state index contributed by atoms with van der Waals surface area (Å²) in [6.45, 7) is 1.92. The van der Waals surface area contributed by atoms with Crippen molar-refractivity contribution >= 4 is 27.5 Å². The van der Waals surface area contributed by atoms with E-state index in [1.54, 1.807) is 7.11 Å². The van der Waals surface area contributed by atoms with Crippen LogP contribution < -0.4 is 0 Å². The summed E-state index contributed by atoms with van der Waals surface area (Å²) in [5.74, 6) is 0.721. The maximum atomic E-state index is 6.06. The van der Waals surface area contributed by atoms with Crippen molar-refractivity contribution in [3.63, 3.8) is 0 Å². The number of halogens is 2. The summed E-state index contributed by atoms with van der Waals surface area (Å²) >= 11 is 9.43. The second kappa shape index (κ2) is 4.59. The van der Waals surface area contributed by atoms with Crippen LogP contribution in [0.5, 0.6) is 0 Å². The number of methoxy groups -OCH3 is 1. The molecule has 0 radical (unpaired) electrons. The van der Waals surface area contributed by atoms with Gasteiger partial charge in [0.15, 0.2) is 5.82 Å². The lowest BCUT2D eigenvalue weighted by Crippen LogP contribution is -2.27. The molecule has 5 heteroatoms. The lowest BCUT2D eigenvalue weighted by Gasteiger charge is -2.26. The first-order chi connectivity index (χ1) is 7.59. The van der Waals surface area contributed by atoms with Gasteiger partial charge < -0.3 is 4.74 Å². The van der Waals surface area contributed by atoms with Crippen LogP contribution in [0.2, 0.25) is 5.15 Å². The van der Waals surface area contributed by atoms with Gasteiger partial charge in [0.05, 0.1) is 10.2 Å². The van der Waals surface area contributed by atoms with Crippen LogP contribution >= 0.6 is 27.5 Å². The molecule has 1 saturated carbocycles. The minimum Gasteiger partial charge on any atom is -0.370 e. The Morgan fingerprint density at radius 1 is 1.31 bits per heavy atom. The monoisotopic (exact) mass is 304 g/mol. The molecule has 0 amide bonds. The Morgan fingerprint density at radius 2 is 1.94 bits per heavy atom. The highest BCUT2D eigenvalue weighted by Gasteiger charge is 2.39. The van der Waals surface area contributed by atoms with Gasteiger partial charge in [0.1, 0.15) is 10.8 Å². The third-order valence-corrected chi connectivity index (χ3v) is 4.64. The number of hydrogen-bond donors (Lipinski definition) is 0. The van der Waals surface area contributed by atoms with Gasteiger partial charge in [-0.15, -0.1) is 0 Å². The van der Waals surface area contributed by atoms with Gasteiger partial charge in [-0.25, -0.2) is 9.97 Å². The summed E-state index contributed by atoms with van der Waals surface area (Å²) in [6.07, 6.45) is 4.26. The van der Waals surface area contributed by atoms with Gasteiger partial charge in [0, 0.05) is 7.11 Å². The smallest absolute Gasteiger partial charge is 0.162 e. The van der Waals surface area contributed by atoms with E-state index in [9.17, 15) is 0 Å². The van der Waals surface area contributed by atoms with Crippen molar-refractivity contribution in [3.8, 4) is 0 Å². The topological polar surface area (TPSA) is 35.0 Å². The molecule has 0 bridgehead atoms. The molecular formula is C11H14BrClN2O. The highest BCUT2D eigenvalue weighted by atomic mass is 79.9. The fourth-order valence-corrected chi connectivity index (χ4v) is 2.59. The molecule has 0 spiro atoms. The third kappa shape index (κ3) is 1.98. The van der Waals surface area contributed by atoms with Gasteiger partial charge in [0.25, 0.3) is 0 Å². The summed E-state index contributed by atoms with van der Waals surface area (Å²) in [5, 5.41) is 0.464. The molecule has 1 aliphatic carbocycles. The molecule has 0 unspecified atom stereocenters. The molecule has 1 aliphatic rings. The number of hydrogen-bond acceptors (Lipinski definition) is 3. The second-order valence-corrected chi connectivity index (χ2v) is 5.29. The second-order valence-electron chi connectivity index (χ2n) is 4.14. The Hall–Kier alpha value is -0.190. The van der Waals surface area contributed by atoms with E-state index in [2.05, 4.69) is 25.9 Å². The quantitative estimate of drug-likeness (QED) is 0.783. The van der Waals surface area contributed by atoms with Crippen molar-refractivity contribution in [1.82, 2.24) is 9.97 Å². The fourth-order valence-electron chi connectivity index (χ4n) is 2.19. The molecule has 1 heterocycles. The van der Waals surface area contributed by atoms with Crippen molar-refractivity contribution in [2.75, 3.05) is 7.11 Å². The minimum absolute atomic E-state index is 0.324. The summed E-state index contributed by atoms with van der Waals surface area (Å²) in [6, 6.07) is 0. The maximum Gasteiger partial charge on any atom is 0.162 e. The standard InChI is InChI=1S/C11H14BrClN2O/c1-7-8(12)9(13)15-10(14-7)11(16-2)5-3-4-6-11/h3-6H2,1-2H3. The van der Waals surface area contributed by atoms with Crippen molar-refractivity contribution in [2.45, 2.75) is 38.2 Å². The normalized spacial score (nSPS) is 19.0.